The van der Waals surface area contributed by atoms with Crippen LogP contribution in [-0.2, 0) is 14.1 Å². The molecule has 0 radical (unpaired) electrons. The summed E-state index contributed by atoms with van der Waals surface area (Å²) in [7, 11) is 2.57. The first kappa shape index (κ1) is 15.1. The first-order valence-electron chi connectivity index (χ1n) is 5.70. The van der Waals surface area contributed by atoms with Crippen molar-refractivity contribution in [2.24, 2.45) is 14.1 Å². The van der Waals surface area contributed by atoms with Gasteiger partial charge in [-0.2, -0.15) is 13.8 Å². The minimum absolute atomic E-state index is 0.0639. The van der Waals surface area contributed by atoms with Crippen LogP contribution in [0.25, 0.3) is 11.2 Å². The van der Waals surface area contributed by atoms with Crippen molar-refractivity contribution in [1.29, 1.82) is 0 Å². The van der Waals surface area contributed by atoms with E-state index in [1.54, 1.807) is 0 Å². The Morgan fingerprint density at radius 2 is 1.90 bits per heavy atom. The molecule has 0 saturated carbocycles. The summed E-state index contributed by atoms with van der Waals surface area (Å²) in [5.74, 6) is -4.54. The molecule has 0 atom stereocenters. The van der Waals surface area contributed by atoms with Crippen LogP contribution in [0.5, 0.6) is 0 Å². The highest BCUT2D eigenvalue weighted by Gasteiger charge is 2.40. The van der Waals surface area contributed by atoms with Crippen molar-refractivity contribution in [3.8, 4) is 0 Å². The number of nitrogens with zero attached hydrogens (tertiary/aromatic N) is 3. The molecular weight excluding hydrogens is 298 g/mol. The Labute approximate surface area is 114 Å². The summed E-state index contributed by atoms with van der Waals surface area (Å²) >= 11 is 0. The first-order chi connectivity index (χ1) is 9.65. The number of H-pyrrole nitrogens is 1. The Bertz CT molecular complexity index is 791. The average Bonchev–Trinajstić information content (AvgIpc) is 2.85. The van der Waals surface area contributed by atoms with Crippen molar-refractivity contribution < 1.29 is 17.6 Å². The van der Waals surface area contributed by atoms with Gasteiger partial charge in [-0.15, -0.1) is 0 Å². The van der Waals surface area contributed by atoms with Gasteiger partial charge >= 0.3 is 18.0 Å². The summed E-state index contributed by atoms with van der Waals surface area (Å²) in [4.78, 5) is 29.6. The number of alkyl halides is 4. The van der Waals surface area contributed by atoms with Crippen LogP contribution in [0.1, 0.15) is 0 Å². The molecule has 0 spiro atoms. The lowest BCUT2D eigenvalue weighted by Gasteiger charge is -2.14. The highest BCUT2D eigenvalue weighted by Crippen LogP contribution is 2.23. The van der Waals surface area contributed by atoms with Gasteiger partial charge < -0.3 is 10.3 Å². The zero-order chi connectivity index (χ0) is 15.9. The molecule has 21 heavy (non-hydrogen) atoms. The van der Waals surface area contributed by atoms with E-state index in [0.29, 0.717) is 0 Å². The van der Waals surface area contributed by atoms with Gasteiger partial charge in [0.25, 0.3) is 5.56 Å². The molecule has 0 saturated heterocycles. The third-order valence-electron chi connectivity index (χ3n) is 2.91. The molecule has 0 unspecified atom stereocenters. The Kier molecular flexibility index (Phi) is 3.51. The van der Waals surface area contributed by atoms with Gasteiger partial charge in [0.1, 0.15) is 0 Å². The summed E-state index contributed by atoms with van der Waals surface area (Å²) in [5, 5.41) is 1.99. The van der Waals surface area contributed by atoms with Gasteiger partial charge in [0.2, 0.25) is 5.95 Å². The van der Waals surface area contributed by atoms with E-state index in [1.165, 1.54) is 14.1 Å². The molecule has 2 aromatic heterocycles. The quantitative estimate of drug-likeness (QED) is 0.794. The summed E-state index contributed by atoms with van der Waals surface area (Å²) < 4.78 is 51.5. The fraction of sp³-hybridized carbons (Fsp3) is 0.500. The number of halogens is 4. The van der Waals surface area contributed by atoms with Crippen molar-refractivity contribution in [1.82, 2.24) is 19.1 Å². The first-order valence-corrected chi connectivity index (χ1v) is 5.70. The molecule has 0 aromatic carbocycles. The number of aromatic amines is 1. The second-order valence-electron chi connectivity index (χ2n) is 4.41. The second-order valence-corrected chi connectivity index (χ2v) is 4.41. The molecule has 0 amide bonds. The fourth-order valence-electron chi connectivity index (χ4n) is 1.69. The number of hydrogen-bond acceptors (Lipinski definition) is 4. The number of nitrogens with one attached hydrogen (secondary N) is 2. The molecule has 0 aliphatic rings. The zero-order valence-corrected chi connectivity index (χ0v) is 11.0. The van der Waals surface area contributed by atoms with Gasteiger partial charge in [-0.1, -0.05) is 0 Å². The van der Waals surface area contributed by atoms with E-state index in [2.05, 4.69) is 9.97 Å². The number of fused-ring (bicyclic) bond motifs is 1. The maximum Gasteiger partial charge on any atom is 0.332 e. The predicted molar refractivity (Wildman–Crippen MR) is 66.0 cm³/mol. The largest absolute Gasteiger partial charge is 0.349 e. The van der Waals surface area contributed by atoms with Crippen LogP contribution in [0.3, 0.4) is 0 Å². The maximum atomic E-state index is 12.8. The van der Waals surface area contributed by atoms with E-state index in [-0.39, 0.29) is 17.1 Å². The number of rotatable bonds is 4. The lowest BCUT2D eigenvalue weighted by Crippen LogP contribution is -2.36. The third-order valence-corrected chi connectivity index (χ3v) is 2.91. The number of aryl methyl sites for hydroxylation is 1. The summed E-state index contributed by atoms with van der Waals surface area (Å²) in [5.41, 5.74) is -1.51. The highest BCUT2D eigenvalue weighted by molar-refractivity contribution is 5.72. The van der Waals surface area contributed by atoms with Crippen molar-refractivity contribution >= 4 is 17.1 Å². The molecule has 2 aromatic rings. The van der Waals surface area contributed by atoms with E-state index in [4.69, 9.17) is 0 Å². The molecular formula is C10H11F4N5O2. The van der Waals surface area contributed by atoms with Gasteiger partial charge in [-0.25, -0.2) is 13.6 Å². The Morgan fingerprint density at radius 3 is 2.48 bits per heavy atom. The normalized spacial score (nSPS) is 12.3. The molecule has 0 aliphatic heterocycles. The highest BCUT2D eigenvalue weighted by atomic mass is 19.3. The SMILES string of the molecule is Cn1c(=O)c2[nH]c(NCC(F)(F)C(F)F)nc2n(C)c1=O. The van der Waals surface area contributed by atoms with Gasteiger partial charge in [0.05, 0.1) is 6.54 Å². The van der Waals surface area contributed by atoms with Gasteiger partial charge in [-0.05, 0) is 0 Å². The monoisotopic (exact) mass is 309 g/mol. The van der Waals surface area contributed by atoms with E-state index < -0.39 is 30.1 Å². The third kappa shape index (κ3) is 2.50. The van der Waals surface area contributed by atoms with Crippen LogP contribution in [-0.4, -0.2) is 38.0 Å². The van der Waals surface area contributed by atoms with E-state index in [0.717, 1.165) is 9.13 Å². The minimum atomic E-state index is -4.24. The molecule has 2 N–H and O–H groups in total. The smallest absolute Gasteiger partial charge is 0.332 e. The van der Waals surface area contributed by atoms with Crippen LogP contribution >= 0.6 is 0 Å². The van der Waals surface area contributed by atoms with E-state index in [9.17, 15) is 27.2 Å². The number of anilines is 1. The molecule has 0 aliphatic carbocycles. The van der Waals surface area contributed by atoms with Gasteiger partial charge in [0, 0.05) is 14.1 Å². The van der Waals surface area contributed by atoms with Crippen molar-refractivity contribution in [3.05, 3.63) is 20.8 Å². The molecule has 7 nitrogen and oxygen atoms in total. The fourth-order valence-corrected chi connectivity index (χ4v) is 1.69. The van der Waals surface area contributed by atoms with Crippen LogP contribution < -0.4 is 16.6 Å². The van der Waals surface area contributed by atoms with E-state index >= 15 is 0 Å². The lowest BCUT2D eigenvalue weighted by atomic mass is 10.3. The predicted octanol–water partition coefficient (Wildman–Crippen LogP) is 0.273. The van der Waals surface area contributed by atoms with Crippen LogP contribution in [0, 0.1) is 0 Å². The molecule has 2 heterocycles. The molecule has 2 rings (SSSR count). The summed E-state index contributed by atoms with van der Waals surface area (Å²) in [6, 6.07) is 0. The number of aromatic nitrogens is 4. The maximum absolute atomic E-state index is 12.8. The summed E-state index contributed by atoms with van der Waals surface area (Å²) in [6.07, 6.45) is -3.83. The Hall–Kier alpha value is -2.33. The number of imidazole rings is 1. The van der Waals surface area contributed by atoms with Crippen LogP contribution in [0.2, 0.25) is 0 Å². The average molecular weight is 309 g/mol. The topological polar surface area (TPSA) is 84.7 Å². The van der Waals surface area contributed by atoms with Gasteiger partial charge in [-0.3, -0.25) is 13.9 Å². The molecule has 0 bridgehead atoms. The standard InChI is InChI=1S/C10H11F4N5O2/c1-18-5-4(6(20)19(2)9(18)21)16-8(17-5)15-3-10(13,14)7(11)12/h7H,3H2,1-2H3,(H2,15,16,17). The number of hydrogen-bond donors (Lipinski definition) is 2. The second kappa shape index (κ2) is 4.90. The zero-order valence-electron chi connectivity index (χ0n) is 11.0. The van der Waals surface area contributed by atoms with Crippen molar-refractivity contribution in [2.45, 2.75) is 12.3 Å². The molecule has 11 heteroatoms. The minimum Gasteiger partial charge on any atom is -0.349 e. The molecule has 0 fully saturated rings. The molecule has 116 valence electrons. The Morgan fingerprint density at radius 1 is 1.29 bits per heavy atom. The summed E-state index contributed by atoms with van der Waals surface area (Å²) in [6.45, 7) is -1.36. The van der Waals surface area contributed by atoms with Crippen LogP contribution in [0.15, 0.2) is 9.59 Å². The van der Waals surface area contributed by atoms with Crippen molar-refractivity contribution in [3.63, 3.8) is 0 Å². The van der Waals surface area contributed by atoms with Crippen LogP contribution in [0.4, 0.5) is 23.5 Å². The Balaban J connectivity index is 2.41. The van der Waals surface area contributed by atoms with E-state index in [1.807, 2.05) is 5.32 Å². The van der Waals surface area contributed by atoms with Gasteiger partial charge in [0.15, 0.2) is 11.2 Å². The lowest BCUT2D eigenvalue weighted by molar-refractivity contribution is -0.117. The van der Waals surface area contributed by atoms with Crippen molar-refractivity contribution in [2.75, 3.05) is 11.9 Å².